The molecule has 14 heavy (non-hydrogen) atoms. The molecule has 0 aliphatic rings. The Kier molecular flexibility index (Phi) is 6.74. The summed E-state index contributed by atoms with van der Waals surface area (Å²) in [6.45, 7) is 5.30. The van der Waals surface area contributed by atoms with Crippen molar-refractivity contribution in [1.82, 2.24) is 10.7 Å². The van der Waals surface area contributed by atoms with Gasteiger partial charge in [-0.25, -0.2) is 5.84 Å². The molecule has 0 bridgehead atoms. The van der Waals surface area contributed by atoms with Crippen molar-refractivity contribution in [2.24, 2.45) is 10.8 Å². The maximum atomic E-state index is 5.29. The van der Waals surface area contributed by atoms with Gasteiger partial charge in [-0.3, -0.25) is 10.4 Å². The van der Waals surface area contributed by atoms with Crippen molar-refractivity contribution in [2.45, 2.75) is 31.4 Å². The van der Waals surface area contributed by atoms with Gasteiger partial charge in [0.1, 0.15) is 0 Å². The molecule has 5 heteroatoms. The molecule has 0 spiro atoms. The Bertz CT molecular complexity index is 169. The molecule has 0 radical (unpaired) electrons. The second-order valence-electron chi connectivity index (χ2n) is 3.16. The molecule has 0 heterocycles. The molecule has 0 aliphatic heterocycles. The molecule has 0 atom stereocenters. The van der Waals surface area contributed by atoms with E-state index in [1.165, 1.54) is 0 Å². The van der Waals surface area contributed by atoms with Crippen LogP contribution in [-0.2, 0) is 0 Å². The number of thioether (sulfide) groups is 1. The summed E-state index contributed by atoms with van der Waals surface area (Å²) in [7, 11) is 1.71. The first kappa shape index (κ1) is 13.6. The lowest BCUT2D eigenvalue weighted by Gasteiger charge is -2.30. The minimum atomic E-state index is 0.285. The molecule has 0 aromatic rings. The Balaban J connectivity index is 4.18. The molecule has 0 saturated heterocycles. The van der Waals surface area contributed by atoms with Crippen LogP contribution in [0.5, 0.6) is 0 Å². The van der Waals surface area contributed by atoms with Crippen molar-refractivity contribution in [3.05, 3.63) is 0 Å². The van der Waals surface area contributed by atoms with E-state index in [2.05, 4.69) is 35.8 Å². The zero-order valence-corrected chi connectivity index (χ0v) is 10.4. The Labute approximate surface area is 91.1 Å². The highest BCUT2D eigenvalue weighted by atomic mass is 32.2. The summed E-state index contributed by atoms with van der Waals surface area (Å²) in [6.07, 6.45) is 4.42. The fourth-order valence-corrected chi connectivity index (χ4v) is 2.09. The number of nitrogens with two attached hydrogens (primary N) is 1. The summed E-state index contributed by atoms with van der Waals surface area (Å²) < 4.78 is 0.285. The Hall–Kier alpha value is -0.420. The summed E-state index contributed by atoms with van der Waals surface area (Å²) in [5.74, 6) is 5.93. The third kappa shape index (κ3) is 3.75. The highest BCUT2D eigenvalue weighted by Crippen LogP contribution is 2.29. The molecule has 0 aromatic carbocycles. The predicted octanol–water partition coefficient (Wildman–Crippen LogP) is 0.947. The smallest absolute Gasteiger partial charge is 0.205 e. The van der Waals surface area contributed by atoms with E-state index in [9.17, 15) is 0 Å². The van der Waals surface area contributed by atoms with Crippen LogP contribution < -0.4 is 16.6 Å². The molecular weight excluding hydrogens is 196 g/mol. The van der Waals surface area contributed by atoms with Crippen LogP contribution >= 0.6 is 11.8 Å². The molecule has 4 nitrogen and oxygen atoms in total. The van der Waals surface area contributed by atoms with Gasteiger partial charge in [-0.15, -0.1) is 0 Å². The molecule has 0 unspecified atom stereocenters. The van der Waals surface area contributed by atoms with Crippen LogP contribution in [0.15, 0.2) is 4.99 Å². The van der Waals surface area contributed by atoms with Crippen molar-refractivity contribution in [1.29, 1.82) is 0 Å². The van der Waals surface area contributed by atoms with Gasteiger partial charge in [0.05, 0.1) is 0 Å². The van der Waals surface area contributed by atoms with Crippen LogP contribution in [0.2, 0.25) is 0 Å². The molecule has 4 N–H and O–H groups in total. The maximum Gasteiger partial charge on any atom is 0.205 e. The highest BCUT2D eigenvalue weighted by Gasteiger charge is 2.24. The molecular formula is C9H22N4S. The highest BCUT2D eigenvalue weighted by molar-refractivity contribution is 8.00. The normalized spacial score (nSPS) is 12.8. The van der Waals surface area contributed by atoms with Crippen LogP contribution in [0, 0.1) is 0 Å². The molecule has 0 rings (SSSR count). The van der Waals surface area contributed by atoms with E-state index < -0.39 is 0 Å². The molecule has 0 saturated carbocycles. The fourth-order valence-electron chi connectivity index (χ4n) is 1.30. The van der Waals surface area contributed by atoms with E-state index in [0.717, 1.165) is 19.4 Å². The molecule has 84 valence electrons. The minimum absolute atomic E-state index is 0.285. The van der Waals surface area contributed by atoms with E-state index in [4.69, 9.17) is 5.84 Å². The van der Waals surface area contributed by atoms with Gasteiger partial charge in [0.25, 0.3) is 0 Å². The number of hydrogen-bond acceptors (Lipinski definition) is 3. The largest absolute Gasteiger partial charge is 0.354 e. The summed E-state index contributed by atoms with van der Waals surface area (Å²) in [5.41, 5.74) is 2.53. The Morgan fingerprint density at radius 1 is 1.43 bits per heavy atom. The van der Waals surface area contributed by atoms with E-state index >= 15 is 0 Å². The molecule has 0 aliphatic carbocycles. The van der Waals surface area contributed by atoms with Crippen LogP contribution in [0.1, 0.15) is 26.7 Å². The van der Waals surface area contributed by atoms with Crippen LogP contribution in [0.4, 0.5) is 0 Å². The zero-order chi connectivity index (χ0) is 11.0. The number of hydrazine groups is 1. The summed E-state index contributed by atoms with van der Waals surface area (Å²) in [6, 6.07) is 0. The van der Waals surface area contributed by atoms with Crippen molar-refractivity contribution >= 4 is 17.7 Å². The van der Waals surface area contributed by atoms with E-state index in [1.807, 2.05) is 11.8 Å². The van der Waals surface area contributed by atoms with Gasteiger partial charge in [0.15, 0.2) is 0 Å². The van der Waals surface area contributed by atoms with Crippen LogP contribution in [0.3, 0.4) is 0 Å². The monoisotopic (exact) mass is 218 g/mol. The third-order valence-corrected chi connectivity index (χ3v) is 4.25. The third-order valence-electron chi connectivity index (χ3n) is 2.66. The second kappa shape index (κ2) is 6.95. The van der Waals surface area contributed by atoms with Crippen LogP contribution in [-0.4, -0.2) is 30.6 Å². The average molecular weight is 218 g/mol. The van der Waals surface area contributed by atoms with Gasteiger partial charge in [-0.05, 0) is 19.1 Å². The van der Waals surface area contributed by atoms with Gasteiger partial charge in [0.2, 0.25) is 5.96 Å². The quantitative estimate of drug-likeness (QED) is 0.278. The van der Waals surface area contributed by atoms with Crippen LogP contribution in [0.25, 0.3) is 0 Å². The lowest BCUT2D eigenvalue weighted by atomic mass is 10.0. The van der Waals surface area contributed by atoms with Gasteiger partial charge >= 0.3 is 0 Å². The second-order valence-corrected chi connectivity index (χ2v) is 4.44. The topological polar surface area (TPSA) is 62.4 Å². The standard InChI is InChI=1S/C9H22N4S/c1-5-9(6-2,14-4)7-12-8(11-3)13-10/h5-7,10H2,1-4H3,(H2,11,12,13). The van der Waals surface area contributed by atoms with Gasteiger partial charge in [0, 0.05) is 18.3 Å². The first-order chi connectivity index (χ1) is 6.67. The number of hydrogen-bond donors (Lipinski definition) is 3. The van der Waals surface area contributed by atoms with E-state index in [0.29, 0.717) is 5.96 Å². The number of aliphatic imine (C=N–C) groups is 1. The van der Waals surface area contributed by atoms with Crippen molar-refractivity contribution in [3.63, 3.8) is 0 Å². The Morgan fingerprint density at radius 2 is 2.00 bits per heavy atom. The van der Waals surface area contributed by atoms with Crippen molar-refractivity contribution in [3.8, 4) is 0 Å². The number of guanidine groups is 1. The first-order valence-electron chi connectivity index (χ1n) is 4.90. The van der Waals surface area contributed by atoms with Gasteiger partial charge in [-0.1, -0.05) is 13.8 Å². The zero-order valence-electron chi connectivity index (χ0n) is 9.55. The van der Waals surface area contributed by atoms with E-state index in [1.54, 1.807) is 7.05 Å². The minimum Gasteiger partial charge on any atom is -0.354 e. The maximum absolute atomic E-state index is 5.29. The first-order valence-corrected chi connectivity index (χ1v) is 6.13. The van der Waals surface area contributed by atoms with Gasteiger partial charge < -0.3 is 5.32 Å². The fraction of sp³-hybridized carbons (Fsp3) is 0.889. The SMILES string of the molecule is CCC(CC)(CNC(=NC)NN)SC. The molecule has 0 fully saturated rings. The number of rotatable bonds is 5. The lowest BCUT2D eigenvalue weighted by molar-refractivity contribution is 0.533. The molecule has 0 aromatic heterocycles. The predicted molar refractivity (Wildman–Crippen MR) is 65.5 cm³/mol. The number of nitrogens with zero attached hydrogens (tertiary/aromatic N) is 1. The van der Waals surface area contributed by atoms with Crippen molar-refractivity contribution in [2.75, 3.05) is 19.8 Å². The van der Waals surface area contributed by atoms with Gasteiger partial charge in [-0.2, -0.15) is 11.8 Å². The summed E-state index contributed by atoms with van der Waals surface area (Å²) in [5, 5.41) is 3.21. The lowest BCUT2D eigenvalue weighted by Crippen LogP contribution is -2.47. The van der Waals surface area contributed by atoms with E-state index in [-0.39, 0.29) is 4.75 Å². The number of nitrogens with one attached hydrogen (secondary N) is 2. The van der Waals surface area contributed by atoms with Crippen molar-refractivity contribution < 1.29 is 0 Å². The molecule has 0 amide bonds. The summed E-state index contributed by atoms with van der Waals surface area (Å²) >= 11 is 1.89. The average Bonchev–Trinajstić information content (AvgIpc) is 2.26. The Morgan fingerprint density at radius 3 is 2.29 bits per heavy atom. The summed E-state index contributed by atoms with van der Waals surface area (Å²) in [4.78, 5) is 3.97.